The maximum absolute atomic E-state index is 6.45. The zero-order valence-electron chi connectivity index (χ0n) is 21.7. The Hall–Kier alpha value is -2.56. The van der Waals surface area contributed by atoms with Gasteiger partial charge in [0.15, 0.2) is 0 Å². The Morgan fingerprint density at radius 2 is 1.50 bits per heavy atom. The largest absolute Gasteiger partial charge is 0.491 e. The van der Waals surface area contributed by atoms with Crippen molar-refractivity contribution in [3.8, 4) is 11.5 Å². The Kier molecular flexibility index (Phi) is 8.45. The lowest BCUT2D eigenvalue weighted by atomic mass is 9.85. The molecule has 0 spiro atoms. The summed E-state index contributed by atoms with van der Waals surface area (Å²) in [4.78, 5) is 0. The van der Waals surface area contributed by atoms with Crippen molar-refractivity contribution in [2.45, 2.75) is 70.0 Å². The molecule has 36 heavy (non-hydrogen) atoms. The molecule has 192 valence electrons. The molecule has 3 aliphatic rings. The highest BCUT2D eigenvalue weighted by Crippen LogP contribution is 2.38. The molecule has 2 fully saturated rings. The lowest BCUT2D eigenvalue weighted by molar-refractivity contribution is 0.257. The summed E-state index contributed by atoms with van der Waals surface area (Å²) < 4.78 is 22.9. The molecule has 0 radical (unpaired) electrons. The molecule has 0 bridgehead atoms. The van der Waals surface area contributed by atoms with E-state index < -0.39 is 0 Å². The summed E-state index contributed by atoms with van der Waals surface area (Å²) in [6.07, 6.45) is 15.9. The third-order valence-corrected chi connectivity index (χ3v) is 7.51. The first-order valence-corrected chi connectivity index (χ1v) is 13.8. The maximum atomic E-state index is 6.45. The van der Waals surface area contributed by atoms with E-state index in [0.29, 0.717) is 19.1 Å². The number of epoxide rings is 2. The van der Waals surface area contributed by atoms with Gasteiger partial charge in [-0.05, 0) is 35.6 Å². The van der Waals surface area contributed by atoms with Crippen LogP contribution in [-0.2, 0) is 15.9 Å². The number of hydrogen-bond donors (Lipinski definition) is 0. The molecule has 0 amide bonds. The van der Waals surface area contributed by atoms with Gasteiger partial charge >= 0.3 is 0 Å². The second-order valence-electron chi connectivity index (χ2n) is 10.4. The molecule has 0 N–H and O–H groups in total. The van der Waals surface area contributed by atoms with Crippen molar-refractivity contribution in [1.29, 1.82) is 0 Å². The van der Waals surface area contributed by atoms with E-state index >= 15 is 0 Å². The molecule has 2 saturated heterocycles. The summed E-state index contributed by atoms with van der Waals surface area (Å²) in [6.45, 7) is 7.50. The molecule has 0 saturated carbocycles. The van der Waals surface area contributed by atoms with Crippen LogP contribution in [-0.4, -0.2) is 38.6 Å². The van der Waals surface area contributed by atoms with Crippen molar-refractivity contribution >= 4 is 0 Å². The van der Waals surface area contributed by atoms with Gasteiger partial charge in [-0.25, -0.2) is 0 Å². The van der Waals surface area contributed by atoms with Crippen LogP contribution in [0.2, 0.25) is 0 Å². The first-order valence-electron chi connectivity index (χ1n) is 13.8. The zero-order valence-corrected chi connectivity index (χ0v) is 21.7. The highest BCUT2D eigenvalue weighted by atomic mass is 16.6. The molecular weight excluding hydrogens is 448 g/mol. The molecule has 4 nitrogen and oxygen atoms in total. The third-order valence-electron chi connectivity index (χ3n) is 7.51. The Morgan fingerprint density at radius 3 is 2.14 bits per heavy atom. The molecule has 2 heterocycles. The van der Waals surface area contributed by atoms with Crippen LogP contribution in [0.1, 0.15) is 68.1 Å². The fourth-order valence-electron chi connectivity index (χ4n) is 4.98. The van der Waals surface area contributed by atoms with Crippen molar-refractivity contribution in [3.63, 3.8) is 0 Å². The summed E-state index contributed by atoms with van der Waals surface area (Å²) >= 11 is 0. The van der Waals surface area contributed by atoms with E-state index in [2.05, 4.69) is 80.6 Å². The van der Waals surface area contributed by atoms with E-state index in [4.69, 9.17) is 18.9 Å². The highest BCUT2D eigenvalue weighted by molar-refractivity contribution is 5.49. The smallest absolute Gasteiger partial charge is 0.126 e. The van der Waals surface area contributed by atoms with Gasteiger partial charge in [-0.1, -0.05) is 94.2 Å². The van der Waals surface area contributed by atoms with Crippen LogP contribution in [0.5, 0.6) is 11.5 Å². The van der Waals surface area contributed by atoms with Crippen LogP contribution >= 0.6 is 0 Å². The minimum atomic E-state index is 0.216. The van der Waals surface area contributed by atoms with Crippen LogP contribution in [0.3, 0.4) is 0 Å². The van der Waals surface area contributed by atoms with Crippen LogP contribution < -0.4 is 9.47 Å². The first kappa shape index (κ1) is 25.1. The second-order valence-corrected chi connectivity index (χ2v) is 10.4. The minimum Gasteiger partial charge on any atom is -0.491 e. The van der Waals surface area contributed by atoms with Gasteiger partial charge in [-0.15, -0.1) is 0 Å². The number of benzene rings is 2. The normalized spacial score (nSPS) is 24.9. The Bertz CT molecular complexity index is 1020. The van der Waals surface area contributed by atoms with Crippen molar-refractivity contribution < 1.29 is 18.9 Å². The topological polar surface area (TPSA) is 43.5 Å². The van der Waals surface area contributed by atoms with Gasteiger partial charge in [0.1, 0.15) is 36.9 Å². The quantitative estimate of drug-likeness (QED) is 0.212. The lowest BCUT2D eigenvalue weighted by Gasteiger charge is -2.23. The van der Waals surface area contributed by atoms with Gasteiger partial charge in [-0.2, -0.15) is 0 Å². The molecule has 4 heteroatoms. The highest BCUT2D eigenvalue weighted by Gasteiger charge is 2.26. The van der Waals surface area contributed by atoms with Crippen molar-refractivity contribution in [3.05, 3.63) is 83.5 Å². The summed E-state index contributed by atoms with van der Waals surface area (Å²) in [6, 6.07) is 15.1. The fourth-order valence-corrected chi connectivity index (χ4v) is 4.98. The summed E-state index contributed by atoms with van der Waals surface area (Å²) in [5, 5.41) is 0. The van der Waals surface area contributed by atoms with E-state index in [1.807, 2.05) is 0 Å². The minimum absolute atomic E-state index is 0.216. The molecule has 2 aromatic rings. The maximum Gasteiger partial charge on any atom is 0.126 e. The SMILES string of the molecule is CCCCC(CC)Cc1cccc(C2C=CC(c3ccc(OCC4CO4)cc3)C=C2)c1OCC1CO1. The summed E-state index contributed by atoms with van der Waals surface area (Å²) in [7, 11) is 0. The van der Waals surface area contributed by atoms with Gasteiger partial charge in [-0.3, -0.25) is 0 Å². The lowest BCUT2D eigenvalue weighted by Crippen LogP contribution is -2.12. The second kappa shape index (κ2) is 12.1. The van der Waals surface area contributed by atoms with Crippen LogP contribution in [0, 0.1) is 5.92 Å². The molecular formula is C32H40O4. The van der Waals surface area contributed by atoms with Crippen molar-refractivity contribution in [2.24, 2.45) is 5.92 Å². The number of rotatable bonds is 14. The van der Waals surface area contributed by atoms with Crippen LogP contribution in [0.4, 0.5) is 0 Å². The monoisotopic (exact) mass is 488 g/mol. The molecule has 2 aromatic carbocycles. The van der Waals surface area contributed by atoms with Gasteiger partial charge in [0, 0.05) is 17.4 Å². The molecule has 1 aliphatic carbocycles. The number of para-hydroxylation sites is 1. The molecule has 3 atom stereocenters. The number of unbranched alkanes of at least 4 members (excludes halogenated alkanes) is 1. The van der Waals surface area contributed by atoms with Crippen molar-refractivity contribution in [1.82, 2.24) is 0 Å². The van der Waals surface area contributed by atoms with Crippen LogP contribution in [0.15, 0.2) is 66.8 Å². The average Bonchev–Trinajstić information content (AvgIpc) is 3.85. The van der Waals surface area contributed by atoms with E-state index in [1.54, 1.807) is 0 Å². The molecule has 5 rings (SSSR count). The Balaban J connectivity index is 1.28. The van der Waals surface area contributed by atoms with E-state index in [1.165, 1.54) is 42.4 Å². The van der Waals surface area contributed by atoms with Gasteiger partial charge < -0.3 is 18.9 Å². The Morgan fingerprint density at radius 1 is 0.833 bits per heavy atom. The Labute approximate surface area is 216 Å². The molecule has 0 aromatic heterocycles. The van der Waals surface area contributed by atoms with E-state index in [-0.39, 0.29) is 24.0 Å². The number of ether oxygens (including phenoxy) is 4. The average molecular weight is 489 g/mol. The third kappa shape index (κ3) is 6.80. The van der Waals surface area contributed by atoms with Gasteiger partial charge in [0.25, 0.3) is 0 Å². The van der Waals surface area contributed by atoms with Gasteiger partial charge in [0.2, 0.25) is 0 Å². The molecule has 2 aliphatic heterocycles. The van der Waals surface area contributed by atoms with Crippen molar-refractivity contribution in [2.75, 3.05) is 26.4 Å². The van der Waals surface area contributed by atoms with Crippen LogP contribution in [0.25, 0.3) is 0 Å². The first-order chi connectivity index (χ1) is 17.7. The summed E-state index contributed by atoms with van der Waals surface area (Å²) in [5.74, 6) is 3.16. The zero-order chi connectivity index (χ0) is 24.7. The fraction of sp³-hybridized carbons (Fsp3) is 0.500. The van der Waals surface area contributed by atoms with Gasteiger partial charge in [0.05, 0.1) is 13.2 Å². The number of allylic oxidation sites excluding steroid dienone is 4. The number of hydrogen-bond acceptors (Lipinski definition) is 4. The predicted octanol–water partition coefficient (Wildman–Crippen LogP) is 6.99. The summed E-state index contributed by atoms with van der Waals surface area (Å²) in [5.41, 5.74) is 3.87. The standard InChI is InChI=1S/C32H40O4/c1-3-5-7-23(4-2)18-27-8-6-9-31(32(27)36-22-30-21-35-30)26-12-10-24(11-13-26)25-14-16-28(17-15-25)33-19-29-20-34-29/h6,8-17,23-24,26,29-30H,3-5,7,18-22H2,1-2H3. The van der Waals surface area contributed by atoms with E-state index in [9.17, 15) is 0 Å². The van der Waals surface area contributed by atoms with E-state index in [0.717, 1.165) is 31.1 Å². The molecule has 3 unspecified atom stereocenters. The predicted molar refractivity (Wildman–Crippen MR) is 144 cm³/mol.